The van der Waals surface area contributed by atoms with Crippen LogP contribution in [0.25, 0.3) is 0 Å². The van der Waals surface area contributed by atoms with E-state index in [1.165, 1.54) is 12.1 Å². The Labute approximate surface area is 246 Å². The van der Waals surface area contributed by atoms with Crippen molar-refractivity contribution in [3.8, 4) is 18.1 Å². The predicted molar refractivity (Wildman–Crippen MR) is 160 cm³/mol. The lowest BCUT2D eigenvalue weighted by Crippen LogP contribution is -2.55. The van der Waals surface area contributed by atoms with Gasteiger partial charge in [0.05, 0.1) is 18.8 Å². The van der Waals surface area contributed by atoms with E-state index in [0.29, 0.717) is 42.9 Å². The van der Waals surface area contributed by atoms with E-state index in [-0.39, 0.29) is 30.3 Å². The topological polar surface area (TPSA) is 99.7 Å². The molecule has 2 bridgehead atoms. The molecule has 0 unspecified atom stereocenters. The van der Waals surface area contributed by atoms with Crippen molar-refractivity contribution < 1.29 is 23.8 Å². The number of aliphatic hydroxyl groups is 1. The minimum Gasteiger partial charge on any atom is -0.493 e. The number of carbonyl (C=O) groups is 2. The molecule has 1 saturated carbocycles. The molecule has 9 heteroatoms. The summed E-state index contributed by atoms with van der Waals surface area (Å²) in [5.41, 5.74) is 2.17. The van der Waals surface area contributed by atoms with Crippen molar-refractivity contribution in [1.29, 1.82) is 0 Å². The molecule has 2 aromatic rings. The van der Waals surface area contributed by atoms with Gasteiger partial charge in [0.1, 0.15) is 17.6 Å². The van der Waals surface area contributed by atoms with E-state index < -0.39 is 24.0 Å². The van der Waals surface area contributed by atoms with E-state index in [9.17, 15) is 19.1 Å². The van der Waals surface area contributed by atoms with Gasteiger partial charge < -0.3 is 25.8 Å². The molecule has 220 valence electrons. The maximum Gasteiger partial charge on any atom is 0.242 e. The quantitative estimate of drug-likeness (QED) is 0.355. The molecule has 0 spiro atoms. The monoisotopic (exact) mass is 581 g/mol. The summed E-state index contributed by atoms with van der Waals surface area (Å²) >= 11 is 1.59. The van der Waals surface area contributed by atoms with Crippen LogP contribution in [0.2, 0.25) is 0 Å². The summed E-state index contributed by atoms with van der Waals surface area (Å²) in [5, 5.41) is 20.8. The molecule has 3 atom stereocenters. The molecule has 0 radical (unpaired) electrons. The first kappa shape index (κ1) is 30.9. The predicted octanol–water partition coefficient (Wildman–Crippen LogP) is 3.66. The number of aliphatic hydroxyl groups excluding tert-OH is 1. The standard InChI is InChI=1S/C32H40FN3O4S/c1-3-22-8-7-9-24(16-22)32(12-13-32)34-21-29(37)28-19-23-17-25(33)20-26(18-23)40-14-6-4-5-10-30(38)35-27(11-15-41-2)31(39)36-28/h1,7-9,16-18,20,27-29,34,37H,4-6,10-15,19,21H2,2H3,(H,35,38)(H,36,39)/t27-,28-,29+/m0/s1. The van der Waals surface area contributed by atoms with E-state index in [2.05, 4.69) is 21.9 Å². The van der Waals surface area contributed by atoms with Gasteiger partial charge in [0.2, 0.25) is 11.8 Å². The van der Waals surface area contributed by atoms with E-state index in [0.717, 1.165) is 36.8 Å². The maximum atomic E-state index is 14.5. The Hall–Kier alpha value is -3.06. The normalized spacial score (nSPS) is 22.0. The summed E-state index contributed by atoms with van der Waals surface area (Å²) in [5.74, 6) is 2.80. The number of halogens is 1. The second kappa shape index (κ2) is 14.7. The fraction of sp³-hybridized carbons (Fsp3) is 0.500. The second-order valence-electron chi connectivity index (χ2n) is 10.9. The Kier molecular flexibility index (Phi) is 11.1. The minimum absolute atomic E-state index is 0.171. The van der Waals surface area contributed by atoms with Crippen LogP contribution in [0.4, 0.5) is 4.39 Å². The molecule has 2 aromatic carbocycles. The average molecular weight is 582 g/mol. The number of amides is 2. The summed E-state index contributed by atoms with van der Waals surface area (Å²) < 4.78 is 20.3. The molecule has 1 aliphatic heterocycles. The highest BCUT2D eigenvalue weighted by atomic mass is 32.2. The Morgan fingerprint density at radius 1 is 1.20 bits per heavy atom. The number of ether oxygens (including phenoxy) is 1. The van der Waals surface area contributed by atoms with Gasteiger partial charge in [0, 0.05) is 30.1 Å². The number of benzene rings is 2. The molecular weight excluding hydrogens is 541 g/mol. The second-order valence-corrected chi connectivity index (χ2v) is 11.9. The van der Waals surface area contributed by atoms with Gasteiger partial charge in [-0.05, 0) is 92.3 Å². The van der Waals surface area contributed by atoms with Crippen molar-refractivity contribution in [3.63, 3.8) is 0 Å². The number of carbonyl (C=O) groups excluding carboxylic acids is 2. The largest absolute Gasteiger partial charge is 0.493 e. The Morgan fingerprint density at radius 3 is 2.78 bits per heavy atom. The number of terminal acetylenes is 1. The number of fused-ring (bicyclic) bond motifs is 2. The zero-order valence-electron chi connectivity index (χ0n) is 23.6. The molecule has 0 saturated heterocycles. The first-order valence-electron chi connectivity index (χ1n) is 14.3. The average Bonchev–Trinajstić information content (AvgIpc) is 3.76. The van der Waals surface area contributed by atoms with Gasteiger partial charge in [-0.3, -0.25) is 9.59 Å². The third kappa shape index (κ3) is 8.96. The number of hydrogen-bond acceptors (Lipinski definition) is 6. The van der Waals surface area contributed by atoms with Crippen molar-refractivity contribution in [2.75, 3.05) is 25.2 Å². The molecule has 41 heavy (non-hydrogen) atoms. The third-order valence-electron chi connectivity index (χ3n) is 7.74. The summed E-state index contributed by atoms with van der Waals surface area (Å²) in [6, 6.07) is 10.8. The fourth-order valence-corrected chi connectivity index (χ4v) is 5.68. The molecule has 1 aliphatic carbocycles. The summed E-state index contributed by atoms with van der Waals surface area (Å²) in [6.45, 7) is 0.613. The highest BCUT2D eigenvalue weighted by molar-refractivity contribution is 7.98. The van der Waals surface area contributed by atoms with Crippen LogP contribution in [0.3, 0.4) is 0 Å². The molecule has 0 aromatic heterocycles. The molecule has 1 heterocycles. The number of thioether (sulfide) groups is 1. The smallest absolute Gasteiger partial charge is 0.242 e. The molecule has 4 N–H and O–H groups in total. The Morgan fingerprint density at radius 2 is 2.02 bits per heavy atom. The van der Waals surface area contributed by atoms with Crippen LogP contribution >= 0.6 is 11.8 Å². The number of hydrogen-bond donors (Lipinski definition) is 4. The first-order chi connectivity index (χ1) is 19.8. The lowest BCUT2D eigenvalue weighted by Gasteiger charge is -2.29. The Balaban J connectivity index is 1.55. The van der Waals surface area contributed by atoms with Gasteiger partial charge in [0.15, 0.2) is 0 Å². The van der Waals surface area contributed by atoms with Crippen LogP contribution in [0.1, 0.15) is 61.6 Å². The third-order valence-corrected chi connectivity index (χ3v) is 8.38. The molecule has 7 nitrogen and oxygen atoms in total. The molecule has 4 rings (SSSR count). The van der Waals surface area contributed by atoms with Crippen LogP contribution < -0.4 is 20.7 Å². The summed E-state index contributed by atoms with van der Waals surface area (Å²) in [4.78, 5) is 26.1. The first-order valence-corrected chi connectivity index (χ1v) is 15.7. The van der Waals surface area contributed by atoms with Gasteiger partial charge in [-0.25, -0.2) is 4.39 Å². The zero-order valence-corrected chi connectivity index (χ0v) is 24.4. The summed E-state index contributed by atoms with van der Waals surface area (Å²) in [6.07, 6.45) is 11.5. The van der Waals surface area contributed by atoms with Crippen LogP contribution in [-0.2, 0) is 21.5 Å². The maximum absolute atomic E-state index is 14.5. The van der Waals surface area contributed by atoms with Gasteiger partial charge in [-0.15, -0.1) is 6.42 Å². The molecular formula is C32H40FN3O4S. The number of rotatable bonds is 8. The molecule has 2 aliphatic rings. The van der Waals surface area contributed by atoms with Crippen molar-refractivity contribution in [2.24, 2.45) is 0 Å². The minimum atomic E-state index is -0.990. The lowest BCUT2D eigenvalue weighted by atomic mass is 9.98. The van der Waals surface area contributed by atoms with E-state index in [1.807, 2.05) is 30.5 Å². The zero-order chi connectivity index (χ0) is 29.2. The van der Waals surface area contributed by atoms with Crippen LogP contribution in [0, 0.1) is 18.2 Å². The van der Waals surface area contributed by atoms with E-state index in [4.69, 9.17) is 11.2 Å². The lowest BCUT2D eigenvalue weighted by molar-refractivity contribution is -0.130. The fourth-order valence-electron chi connectivity index (χ4n) is 5.21. The number of nitrogens with one attached hydrogen (secondary N) is 3. The van der Waals surface area contributed by atoms with Crippen molar-refractivity contribution in [2.45, 2.75) is 75.1 Å². The summed E-state index contributed by atoms with van der Waals surface area (Å²) in [7, 11) is 0. The van der Waals surface area contributed by atoms with Gasteiger partial charge >= 0.3 is 0 Å². The Bertz CT molecular complexity index is 1250. The van der Waals surface area contributed by atoms with Crippen molar-refractivity contribution >= 4 is 23.6 Å². The SMILES string of the molecule is C#Cc1cccc(C2(NC[C@@H](O)[C@@H]3Cc4cc(F)cc(c4)OCCCCCC(=O)N[C@@H](CCSC)C(=O)N3)CC2)c1. The van der Waals surface area contributed by atoms with Gasteiger partial charge in [-0.1, -0.05) is 18.1 Å². The van der Waals surface area contributed by atoms with Crippen LogP contribution in [0.5, 0.6) is 5.75 Å². The van der Waals surface area contributed by atoms with Gasteiger partial charge in [0.25, 0.3) is 0 Å². The van der Waals surface area contributed by atoms with Gasteiger partial charge in [-0.2, -0.15) is 11.8 Å². The van der Waals surface area contributed by atoms with Crippen molar-refractivity contribution in [1.82, 2.24) is 16.0 Å². The molecule has 2 amide bonds. The van der Waals surface area contributed by atoms with E-state index >= 15 is 0 Å². The van der Waals surface area contributed by atoms with Crippen molar-refractivity contribution in [3.05, 3.63) is 65.0 Å². The van der Waals surface area contributed by atoms with Crippen LogP contribution in [0.15, 0.2) is 42.5 Å². The molecule has 1 fully saturated rings. The van der Waals surface area contributed by atoms with E-state index in [1.54, 1.807) is 17.8 Å². The van der Waals surface area contributed by atoms with Crippen LogP contribution in [-0.4, -0.2) is 60.3 Å². The highest BCUT2D eigenvalue weighted by Gasteiger charge is 2.44. The highest BCUT2D eigenvalue weighted by Crippen LogP contribution is 2.45.